The molecule has 1 aliphatic rings. The van der Waals surface area contributed by atoms with Crippen LogP contribution in [0.3, 0.4) is 0 Å². The van der Waals surface area contributed by atoms with Gasteiger partial charge in [0.15, 0.2) is 11.6 Å². The van der Waals surface area contributed by atoms with E-state index in [9.17, 15) is 9.50 Å². The number of aliphatic hydroxyl groups is 1. The van der Waals surface area contributed by atoms with E-state index >= 15 is 0 Å². The third-order valence-corrected chi connectivity index (χ3v) is 4.46. The summed E-state index contributed by atoms with van der Waals surface area (Å²) in [6, 6.07) is 11.2. The number of hydrogen-bond acceptors (Lipinski definition) is 6. The minimum absolute atomic E-state index is 0.0806. The van der Waals surface area contributed by atoms with E-state index in [1.54, 1.807) is 12.3 Å². The normalized spacial score (nSPS) is 14.6. The fourth-order valence-corrected chi connectivity index (χ4v) is 2.96. The standard InChI is InChI=1S/C20H20FN3O3/c1-24-6-7-26-19-9-14(11-22-20(19)24)18-4-2-13-8-16(3-5-17(13)23-18)27-12-15(25)10-21/h2-5,8-9,11,15,25H,6-7,10,12H2,1H3. The second-order valence-corrected chi connectivity index (χ2v) is 6.49. The van der Waals surface area contributed by atoms with Crippen LogP contribution in [0, 0.1) is 0 Å². The quantitative estimate of drug-likeness (QED) is 0.746. The molecule has 1 unspecified atom stereocenters. The van der Waals surface area contributed by atoms with Gasteiger partial charge in [-0.2, -0.15) is 0 Å². The fourth-order valence-electron chi connectivity index (χ4n) is 2.96. The highest BCUT2D eigenvalue weighted by atomic mass is 19.1. The van der Waals surface area contributed by atoms with Crippen molar-refractivity contribution in [3.8, 4) is 22.8 Å². The monoisotopic (exact) mass is 369 g/mol. The molecular weight excluding hydrogens is 349 g/mol. The van der Waals surface area contributed by atoms with Crippen molar-refractivity contribution in [2.75, 3.05) is 38.4 Å². The Bertz CT molecular complexity index is 966. The number of fused-ring (bicyclic) bond motifs is 2. The Balaban J connectivity index is 1.60. The van der Waals surface area contributed by atoms with Gasteiger partial charge >= 0.3 is 0 Å². The predicted molar refractivity (Wildman–Crippen MR) is 101 cm³/mol. The molecule has 0 spiro atoms. The van der Waals surface area contributed by atoms with Crippen molar-refractivity contribution in [2.45, 2.75) is 6.10 Å². The van der Waals surface area contributed by atoms with E-state index in [2.05, 4.69) is 9.88 Å². The Labute approximate surface area is 156 Å². The maximum absolute atomic E-state index is 12.3. The maximum atomic E-state index is 12.3. The molecule has 3 aromatic rings. The van der Waals surface area contributed by atoms with Gasteiger partial charge in [-0.05, 0) is 30.3 Å². The van der Waals surface area contributed by atoms with E-state index < -0.39 is 12.8 Å². The Kier molecular flexibility index (Phi) is 4.77. The lowest BCUT2D eigenvalue weighted by molar-refractivity contribution is 0.0842. The summed E-state index contributed by atoms with van der Waals surface area (Å²) in [5.41, 5.74) is 2.50. The number of aromatic nitrogens is 2. The summed E-state index contributed by atoms with van der Waals surface area (Å²) < 4.78 is 23.4. The number of halogens is 1. The van der Waals surface area contributed by atoms with E-state index in [1.165, 1.54) is 0 Å². The van der Waals surface area contributed by atoms with Crippen LogP contribution < -0.4 is 14.4 Å². The number of aliphatic hydroxyl groups excluding tert-OH is 1. The molecule has 3 heterocycles. The molecule has 0 bridgehead atoms. The molecule has 0 saturated heterocycles. The summed E-state index contributed by atoms with van der Waals surface area (Å²) >= 11 is 0. The zero-order valence-corrected chi connectivity index (χ0v) is 14.9. The molecule has 27 heavy (non-hydrogen) atoms. The number of hydrogen-bond donors (Lipinski definition) is 1. The summed E-state index contributed by atoms with van der Waals surface area (Å²) in [5, 5.41) is 10.2. The molecule has 1 atom stereocenters. The van der Waals surface area contributed by atoms with Gasteiger partial charge in [0.25, 0.3) is 0 Å². The van der Waals surface area contributed by atoms with Crippen molar-refractivity contribution in [1.82, 2.24) is 9.97 Å². The molecule has 0 amide bonds. The molecule has 0 fully saturated rings. The highest BCUT2D eigenvalue weighted by Gasteiger charge is 2.17. The van der Waals surface area contributed by atoms with Gasteiger partial charge in [0.1, 0.15) is 31.7 Å². The average Bonchev–Trinajstić information content (AvgIpc) is 2.71. The van der Waals surface area contributed by atoms with Crippen molar-refractivity contribution < 1.29 is 19.0 Å². The van der Waals surface area contributed by atoms with Crippen LogP contribution in [0.25, 0.3) is 22.2 Å². The van der Waals surface area contributed by atoms with Gasteiger partial charge < -0.3 is 19.5 Å². The van der Waals surface area contributed by atoms with Gasteiger partial charge in [-0.1, -0.05) is 6.07 Å². The number of likely N-dealkylation sites (N-methyl/N-ethyl adjacent to an activating group) is 1. The van der Waals surface area contributed by atoms with Crippen LogP contribution in [0.15, 0.2) is 42.6 Å². The summed E-state index contributed by atoms with van der Waals surface area (Å²) in [5.74, 6) is 2.16. The van der Waals surface area contributed by atoms with Crippen LogP contribution >= 0.6 is 0 Å². The maximum Gasteiger partial charge on any atom is 0.171 e. The first-order valence-corrected chi connectivity index (χ1v) is 8.76. The molecule has 7 heteroatoms. The number of benzene rings is 1. The number of rotatable bonds is 5. The minimum atomic E-state index is -1.11. The second-order valence-electron chi connectivity index (χ2n) is 6.49. The number of anilines is 1. The molecular formula is C20H20FN3O3. The van der Waals surface area contributed by atoms with Crippen LogP contribution in [0.5, 0.6) is 11.5 Å². The van der Waals surface area contributed by atoms with Crippen molar-refractivity contribution >= 4 is 16.7 Å². The highest BCUT2D eigenvalue weighted by Crippen LogP contribution is 2.32. The zero-order chi connectivity index (χ0) is 18.8. The Morgan fingerprint density at radius 3 is 3.04 bits per heavy atom. The van der Waals surface area contributed by atoms with Gasteiger partial charge in [0.05, 0.1) is 17.8 Å². The minimum Gasteiger partial charge on any atom is -0.491 e. The van der Waals surface area contributed by atoms with Crippen molar-refractivity contribution in [2.24, 2.45) is 0 Å². The van der Waals surface area contributed by atoms with Crippen molar-refractivity contribution in [3.05, 3.63) is 42.6 Å². The van der Waals surface area contributed by atoms with Gasteiger partial charge in [0.2, 0.25) is 0 Å². The summed E-state index contributed by atoms with van der Waals surface area (Å²) in [4.78, 5) is 11.3. The highest BCUT2D eigenvalue weighted by molar-refractivity contribution is 5.83. The molecule has 0 radical (unpaired) electrons. The van der Waals surface area contributed by atoms with Crippen LogP contribution in [0.1, 0.15) is 0 Å². The molecule has 1 aliphatic heterocycles. The van der Waals surface area contributed by atoms with Gasteiger partial charge in [-0.15, -0.1) is 0 Å². The summed E-state index contributed by atoms with van der Waals surface area (Å²) in [6.07, 6.45) is 0.688. The van der Waals surface area contributed by atoms with Gasteiger partial charge in [-0.3, -0.25) is 0 Å². The van der Waals surface area contributed by atoms with Crippen molar-refractivity contribution in [1.29, 1.82) is 0 Å². The molecule has 6 nitrogen and oxygen atoms in total. The first-order chi connectivity index (χ1) is 13.1. The zero-order valence-electron chi connectivity index (χ0n) is 14.9. The van der Waals surface area contributed by atoms with Crippen LogP contribution in [-0.2, 0) is 0 Å². The number of pyridine rings is 2. The third kappa shape index (κ3) is 3.64. The van der Waals surface area contributed by atoms with E-state index in [0.717, 1.165) is 40.3 Å². The third-order valence-electron chi connectivity index (χ3n) is 4.46. The lowest BCUT2D eigenvalue weighted by Crippen LogP contribution is -2.29. The molecule has 140 valence electrons. The Morgan fingerprint density at radius 1 is 1.30 bits per heavy atom. The fraction of sp³-hybridized carbons (Fsp3) is 0.300. The summed E-state index contributed by atoms with van der Waals surface area (Å²) in [6.45, 7) is 0.551. The molecule has 4 rings (SSSR count). The van der Waals surface area contributed by atoms with E-state index in [1.807, 2.05) is 37.4 Å². The Morgan fingerprint density at radius 2 is 2.19 bits per heavy atom. The number of alkyl halides is 1. The second kappa shape index (κ2) is 7.36. The molecule has 2 aromatic heterocycles. The van der Waals surface area contributed by atoms with Gasteiger partial charge in [0, 0.05) is 24.2 Å². The van der Waals surface area contributed by atoms with E-state index in [0.29, 0.717) is 12.4 Å². The predicted octanol–water partition coefficient (Wildman–Crippen LogP) is 2.83. The molecule has 0 aliphatic carbocycles. The van der Waals surface area contributed by atoms with E-state index in [-0.39, 0.29) is 6.61 Å². The first kappa shape index (κ1) is 17.5. The van der Waals surface area contributed by atoms with Crippen LogP contribution in [0.2, 0.25) is 0 Å². The topological polar surface area (TPSA) is 67.7 Å². The average molecular weight is 369 g/mol. The SMILES string of the molecule is CN1CCOc2cc(-c3ccc4cc(OCC(O)CF)ccc4n3)cnc21. The lowest BCUT2D eigenvalue weighted by atomic mass is 10.1. The van der Waals surface area contributed by atoms with Gasteiger partial charge in [-0.25, -0.2) is 14.4 Å². The lowest BCUT2D eigenvalue weighted by Gasteiger charge is -2.26. The van der Waals surface area contributed by atoms with Crippen LogP contribution in [0.4, 0.5) is 10.2 Å². The van der Waals surface area contributed by atoms with Crippen LogP contribution in [-0.4, -0.2) is 54.7 Å². The van der Waals surface area contributed by atoms with E-state index in [4.69, 9.17) is 14.5 Å². The van der Waals surface area contributed by atoms with Crippen molar-refractivity contribution in [3.63, 3.8) is 0 Å². The number of ether oxygens (including phenoxy) is 2. The largest absolute Gasteiger partial charge is 0.491 e. The molecule has 1 aromatic carbocycles. The number of nitrogens with zero attached hydrogens (tertiary/aromatic N) is 3. The first-order valence-electron chi connectivity index (χ1n) is 8.76. The Hall–Kier alpha value is -2.93. The molecule has 1 N–H and O–H groups in total. The molecule has 0 saturated carbocycles. The summed E-state index contributed by atoms with van der Waals surface area (Å²) in [7, 11) is 1.99. The smallest absolute Gasteiger partial charge is 0.171 e.